The van der Waals surface area contributed by atoms with Crippen molar-refractivity contribution < 1.29 is 20.8 Å². The third-order valence-corrected chi connectivity index (χ3v) is 14.3. The number of aryl methyl sites for hydroxylation is 4. The van der Waals surface area contributed by atoms with Gasteiger partial charge in [0.2, 0.25) is 0 Å². The van der Waals surface area contributed by atoms with Gasteiger partial charge >= 0.3 is 37.9 Å². The minimum absolute atomic E-state index is 0.00626. The summed E-state index contributed by atoms with van der Waals surface area (Å²) in [7, 11) is 9.86. The molecule has 0 aromatic heterocycles. The predicted molar refractivity (Wildman–Crippen MR) is 202 cm³/mol. The summed E-state index contributed by atoms with van der Waals surface area (Å²) in [5.41, 5.74) is 5.67. The van der Waals surface area contributed by atoms with E-state index < -0.39 is 20.8 Å². The monoisotopic (exact) mass is 734 g/mol. The molecule has 0 saturated carbocycles. The zero-order chi connectivity index (χ0) is 32.4. The average Bonchev–Trinajstić information content (AvgIpc) is 3.55. The van der Waals surface area contributed by atoms with Crippen molar-refractivity contribution in [2.45, 2.75) is 83.1 Å². The fraction of sp³-hybridized carbons (Fsp3) is 0.526. The maximum absolute atomic E-state index is 4.93. The molecule has 0 unspecified atom stereocenters. The first-order valence-corrected chi connectivity index (χ1v) is 25.7. The van der Waals surface area contributed by atoms with Crippen LogP contribution in [0.2, 0.25) is 0 Å². The van der Waals surface area contributed by atoms with E-state index in [1.165, 1.54) is 68.4 Å². The van der Waals surface area contributed by atoms with Gasteiger partial charge in [0.25, 0.3) is 0 Å². The molecule has 0 atom stereocenters. The molecule has 0 bridgehead atoms. The molecule has 0 fully saturated rings. The molecular formula is C38H56Cl2P2Zr. The molecule has 0 amide bonds. The Labute approximate surface area is 286 Å². The number of hydrogen-bond acceptors (Lipinski definition) is 0. The average molecular weight is 737 g/mol. The number of benzene rings is 2. The van der Waals surface area contributed by atoms with Crippen molar-refractivity contribution in [3.63, 3.8) is 0 Å². The normalized spacial score (nSPS) is 11.6. The van der Waals surface area contributed by atoms with Gasteiger partial charge in [-0.3, -0.25) is 0 Å². The van der Waals surface area contributed by atoms with Crippen LogP contribution in [0.15, 0.2) is 48.5 Å². The Kier molecular flexibility index (Phi) is 17.3. The molecule has 4 aromatic rings. The molecule has 236 valence electrons. The topological polar surface area (TPSA) is 0 Å². The quantitative estimate of drug-likeness (QED) is 0.112. The summed E-state index contributed by atoms with van der Waals surface area (Å²) >= 11 is -0.826. The molecule has 0 aliphatic heterocycles. The van der Waals surface area contributed by atoms with Crippen LogP contribution < -0.4 is 10.6 Å². The van der Waals surface area contributed by atoms with E-state index in [9.17, 15) is 0 Å². The van der Waals surface area contributed by atoms with Crippen LogP contribution in [0.1, 0.15) is 77.6 Å². The minimum atomic E-state index is -0.826. The standard InChI is InChI=1S/2C19H28P.2ClH.Zr/c2*1-13(2)11-20(12-14(3)4)17-9-18-15(5)7-8-16(6)19(18)10-17;;;/h2*7-10,13-14H,11-12H2,1-6H3;2*1H;/q2*-1;;;+4/p-2. The van der Waals surface area contributed by atoms with E-state index in [0.29, 0.717) is 0 Å². The second-order valence-electron chi connectivity index (χ2n) is 13.9. The van der Waals surface area contributed by atoms with Crippen molar-refractivity contribution in [1.82, 2.24) is 0 Å². The molecule has 43 heavy (non-hydrogen) atoms. The van der Waals surface area contributed by atoms with E-state index in [1.54, 1.807) is 10.6 Å². The SMILES string of the molecule is Cc1ccc(C)c2[cH-]c(P(CC(C)C)CC(C)C)cc12.Cc1ccc(C)c2[cH-]c(P(CC(C)C)CC(C)C)cc12.[Cl][Zr+2][Cl]. The van der Waals surface area contributed by atoms with Gasteiger partial charge in [-0.1, -0.05) is 108 Å². The third-order valence-electron chi connectivity index (χ3n) is 7.69. The van der Waals surface area contributed by atoms with Crippen LogP contribution in [0.4, 0.5) is 0 Å². The number of hydrogen-bond donors (Lipinski definition) is 0. The Morgan fingerprint density at radius 1 is 0.535 bits per heavy atom. The zero-order valence-electron chi connectivity index (χ0n) is 28.9. The molecule has 0 heterocycles. The molecule has 0 spiro atoms. The summed E-state index contributed by atoms with van der Waals surface area (Å²) in [5, 5.41) is 9.13. The Balaban J connectivity index is 0.000000275. The van der Waals surface area contributed by atoms with Gasteiger partial charge in [0.1, 0.15) is 0 Å². The Morgan fingerprint density at radius 2 is 0.791 bits per heavy atom. The number of fused-ring (bicyclic) bond motifs is 2. The van der Waals surface area contributed by atoms with Crippen LogP contribution in [0.5, 0.6) is 0 Å². The first kappa shape index (κ1) is 39.2. The van der Waals surface area contributed by atoms with Gasteiger partial charge in [-0.15, -0.1) is 67.5 Å². The predicted octanol–water partition coefficient (Wildman–Crippen LogP) is 12.6. The first-order chi connectivity index (χ1) is 20.2. The number of rotatable bonds is 10. The van der Waals surface area contributed by atoms with Crippen LogP contribution >= 0.6 is 32.9 Å². The van der Waals surface area contributed by atoms with Crippen LogP contribution in [0.3, 0.4) is 0 Å². The van der Waals surface area contributed by atoms with Crippen molar-refractivity contribution >= 4 is 65.0 Å². The molecule has 5 heteroatoms. The van der Waals surface area contributed by atoms with E-state index in [-0.39, 0.29) is 15.8 Å². The zero-order valence-corrected chi connectivity index (χ0v) is 34.7. The molecule has 0 nitrogen and oxygen atoms in total. The molecular weight excluding hydrogens is 680 g/mol. The van der Waals surface area contributed by atoms with Crippen molar-refractivity contribution in [2.24, 2.45) is 23.7 Å². The van der Waals surface area contributed by atoms with Crippen LogP contribution in [-0.2, 0) is 20.8 Å². The van der Waals surface area contributed by atoms with Crippen LogP contribution in [0.25, 0.3) is 21.5 Å². The van der Waals surface area contributed by atoms with Gasteiger partial charge in [-0.05, 0) is 62.2 Å². The summed E-state index contributed by atoms with van der Waals surface area (Å²) in [6, 6.07) is 19.0. The fourth-order valence-corrected chi connectivity index (χ4v) is 11.8. The van der Waals surface area contributed by atoms with Gasteiger partial charge in [0, 0.05) is 0 Å². The Morgan fingerprint density at radius 3 is 1.02 bits per heavy atom. The van der Waals surface area contributed by atoms with Crippen molar-refractivity contribution in [3.8, 4) is 0 Å². The molecule has 0 N–H and O–H groups in total. The Bertz CT molecular complexity index is 1190. The van der Waals surface area contributed by atoms with Crippen molar-refractivity contribution in [3.05, 3.63) is 70.8 Å². The molecule has 0 aliphatic carbocycles. The van der Waals surface area contributed by atoms with Gasteiger partial charge in [-0.2, -0.15) is 12.1 Å². The van der Waals surface area contributed by atoms with Crippen molar-refractivity contribution in [2.75, 3.05) is 24.6 Å². The van der Waals surface area contributed by atoms with E-state index in [4.69, 9.17) is 17.0 Å². The molecule has 0 radical (unpaired) electrons. The summed E-state index contributed by atoms with van der Waals surface area (Å²) < 4.78 is 0. The van der Waals surface area contributed by atoms with E-state index in [2.05, 4.69) is 132 Å². The van der Waals surface area contributed by atoms with E-state index >= 15 is 0 Å². The summed E-state index contributed by atoms with van der Waals surface area (Å²) in [6.07, 6.45) is 5.45. The second-order valence-corrected chi connectivity index (χ2v) is 22.3. The van der Waals surface area contributed by atoms with Gasteiger partial charge in [0.15, 0.2) is 0 Å². The summed E-state index contributed by atoms with van der Waals surface area (Å²) in [6.45, 7) is 27.8. The molecule has 0 aliphatic rings. The number of halogens is 2. The van der Waals surface area contributed by atoms with E-state index in [1.807, 2.05) is 0 Å². The van der Waals surface area contributed by atoms with Crippen LogP contribution in [0, 0.1) is 51.4 Å². The van der Waals surface area contributed by atoms with Crippen molar-refractivity contribution in [1.29, 1.82) is 0 Å². The van der Waals surface area contributed by atoms with E-state index in [0.717, 1.165) is 23.7 Å². The summed E-state index contributed by atoms with van der Waals surface area (Å²) in [4.78, 5) is 0. The molecule has 0 saturated heterocycles. The Hall–Kier alpha value is -0.0169. The maximum atomic E-state index is 4.93. The fourth-order valence-electron chi connectivity index (χ4n) is 5.85. The van der Waals surface area contributed by atoms with Gasteiger partial charge in [0.05, 0.1) is 0 Å². The summed E-state index contributed by atoms with van der Waals surface area (Å²) in [5.74, 6) is 3.17. The van der Waals surface area contributed by atoms with Gasteiger partial charge < -0.3 is 0 Å². The second kappa shape index (κ2) is 19.0. The van der Waals surface area contributed by atoms with Crippen LogP contribution in [-0.4, -0.2) is 24.6 Å². The molecule has 4 aromatic carbocycles. The molecule has 4 rings (SSSR count). The first-order valence-electron chi connectivity index (χ1n) is 16.0. The van der Waals surface area contributed by atoms with Gasteiger partial charge in [-0.25, -0.2) is 0 Å². The third kappa shape index (κ3) is 12.3.